The number of fused-ring (bicyclic) bond motifs is 2. The molecule has 0 radical (unpaired) electrons. The minimum atomic E-state index is 0.709. The van der Waals surface area contributed by atoms with E-state index in [2.05, 4.69) is 24.3 Å². The summed E-state index contributed by atoms with van der Waals surface area (Å²) in [5.41, 5.74) is 3.68. The van der Waals surface area contributed by atoms with E-state index in [1.807, 2.05) is 11.7 Å². The maximum atomic E-state index is 4.47. The highest BCUT2D eigenvalue weighted by atomic mass is 15.3. The topological polar surface area (TPSA) is 29.9 Å². The lowest BCUT2D eigenvalue weighted by Crippen LogP contribution is -2.26. The van der Waals surface area contributed by atoms with Crippen molar-refractivity contribution in [1.29, 1.82) is 0 Å². The summed E-state index contributed by atoms with van der Waals surface area (Å²) in [6.07, 6.45) is 5.73. The average molecular weight is 219 g/mol. The number of aryl methyl sites for hydroxylation is 2. The molecule has 0 aromatic carbocycles. The van der Waals surface area contributed by atoms with Crippen LogP contribution in [0.15, 0.2) is 0 Å². The first kappa shape index (κ1) is 10.2. The van der Waals surface area contributed by atoms with Gasteiger partial charge in [0.05, 0.1) is 17.1 Å². The molecule has 2 aliphatic rings. The van der Waals surface area contributed by atoms with Crippen LogP contribution in [-0.2, 0) is 7.05 Å². The summed E-state index contributed by atoms with van der Waals surface area (Å²) in [6.45, 7) is 4.25. The summed E-state index contributed by atoms with van der Waals surface area (Å²) in [6, 6.07) is 0.709. The molecule has 16 heavy (non-hydrogen) atoms. The summed E-state index contributed by atoms with van der Waals surface area (Å²) in [7, 11) is 2.02. The second-order valence-electron chi connectivity index (χ2n) is 5.60. The monoisotopic (exact) mass is 219 g/mol. The molecule has 1 heterocycles. The molecular formula is C13H21N3. The summed E-state index contributed by atoms with van der Waals surface area (Å²) in [4.78, 5) is 0. The van der Waals surface area contributed by atoms with Crippen LogP contribution >= 0.6 is 0 Å². The Hall–Kier alpha value is -0.990. The van der Waals surface area contributed by atoms with Gasteiger partial charge in [-0.15, -0.1) is 0 Å². The van der Waals surface area contributed by atoms with Crippen molar-refractivity contribution in [3.8, 4) is 0 Å². The first-order valence-corrected chi connectivity index (χ1v) is 6.42. The molecule has 1 N–H and O–H groups in total. The van der Waals surface area contributed by atoms with Crippen molar-refractivity contribution in [2.24, 2.45) is 18.9 Å². The smallest absolute Gasteiger partial charge is 0.0827 e. The lowest BCUT2D eigenvalue weighted by atomic mass is 9.95. The highest BCUT2D eigenvalue weighted by Crippen LogP contribution is 2.45. The maximum Gasteiger partial charge on any atom is 0.0827 e. The van der Waals surface area contributed by atoms with Gasteiger partial charge in [0.25, 0.3) is 0 Å². The Bertz CT molecular complexity index is 408. The van der Waals surface area contributed by atoms with Crippen molar-refractivity contribution in [1.82, 2.24) is 9.78 Å². The Morgan fingerprint density at radius 3 is 2.56 bits per heavy atom. The third kappa shape index (κ3) is 1.45. The third-order valence-corrected chi connectivity index (χ3v) is 4.58. The van der Waals surface area contributed by atoms with Crippen molar-refractivity contribution < 1.29 is 0 Å². The Labute approximate surface area is 97.2 Å². The van der Waals surface area contributed by atoms with E-state index in [1.54, 1.807) is 0 Å². The van der Waals surface area contributed by atoms with Crippen molar-refractivity contribution in [3.63, 3.8) is 0 Å². The maximum absolute atomic E-state index is 4.47. The minimum absolute atomic E-state index is 0.709. The molecule has 1 aromatic rings. The lowest BCUT2D eigenvalue weighted by Gasteiger charge is -2.24. The van der Waals surface area contributed by atoms with Crippen LogP contribution in [0.5, 0.6) is 0 Å². The van der Waals surface area contributed by atoms with Gasteiger partial charge in [-0.2, -0.15) is 5.10 Å². The summed E-state index contributed by atoms with van der Waals surface area (Å²) >= 11 is 0. The number of rotatable bonds is 2. The summed E-state index contributed by atoms with van der Waals surface area (Å²) < 4.78 is 1.98. The molecule has 0 aliphatic heterocycles. The Balaban J connectivity index is 1.79. The first-order valence-electron chi connectivity index (χ1n) is 6.42. The highest BCUT2D eigenvalue weighted by Gasteiger charge is 2.39. The van der Waals surface area contributed by atoms with Gasteiger partial charge in [0.15, 0.2) is 0 Å². The van der Waals surface area contributed by atoms with E-state index in [0.717, 1.165) is 17.5 Å². The molecule has 3 atom stereocenters. The van der Waals surface area contributed by atoms with Gasteiger partial charge in [-0.25, -0.2) is 0 Å². The summed E-state index contributed by atoms with van der Waals surface area (Å²) in [5, 5.41) is 8.22. The van der Waals surface area contributed by atoms with Gasteiger partial charge in [-0.05, 0) is 44.9 Å². The lowest BCUT2D eigenvalue weighted by molar-refractivity contribution is 0.439. The fourth-order valence-electron chi connectivity index (χ4n) is 3.59. The van der Waals surface area contributed by atoms with Gasteiger partial charge < -0.3 is 5.32 Å². The third-order valence-electron chi connectivity index (χ3n) is 4.58. The molecule has 2 saturated carbocycles. The van der Waals surface area contributed by atoms with Crippen LogP contribution in [0, 0.1) is 25.7 Å². The highest BCUT2D eigenvalue weighted by molar-refractivity contribution is 5.53. The first-order chi connectivity index (χ1) is 7.65. The summed E-state index contributed by atoms with van der Waals surface area (Å²) in [5.74, 6) is 1.92. The standard InChI is InChI=1S/C13H21N3/c1-8-13(9(2)16(3)15-8)14-12-7-10-4-5-11(12)6-10/h10-12,14H,4-7H2,1-3H3. The predicted octanol–water partition coefficient (Wildman–Crippen LogP) is 2.64. The van der Waals surface area contributed by atoms with Gasteiger partial charge >= 0.3 is 0 Å². The van der Waals surface area contributed by atoms with Crippen LogP contribution in [0.25, 0.3) is 0 Å². The van der Waals surface area contributed by atoms with Crippen molar-refractivity contribution in [2.45, 2.75) is 45.6 Å². The molecule has 3 rings (SSSR count). The van der Waals surface area contributed by atoms with Crippen molar-refractivity contribution in [3.05, 3.63) is 11.4 Å². The van der Waals surface area contributed by atoms with Gasteiger partial charge in [0.1, 0.15) is 0 Å². The zero-order valence-corrected chi connectivity index (χ0v) is 10.5. The quantitative estimate of drug-likeness (QED) is 0.828. The molecule has 3 nitrogen and oxygen atoms in total. The molecule has 0 saturated heterocycles. The van der Waals surface area contributed by atoms with E-state index in [4.69, 9.17) is 0 Å². The van der Waals surface area contributed by atoms with Crippen molar-refractivity contribution >= 4 is 5.69 Å². The van der Waals surface area contributed by atoms with Gasteiger partial charge in [0, 0.05) is 13.1 Å². The van der Waals surface area contributed by atoms with Crippen molar-refractivity contribution in [2.75, 3.05) is 5.32 Å². The van der Waals surface area contributed by atoms with Crippen LogP contribution in [0.4, 0.5) is 5.69 Å². The molecule has 1 aromatic heterocycles. The number of anilines is 1. The van der Waals surface area contributed by atoms with E-state index in [-0.39, 0.29) is 0 Å². The molecule has 2 bridgehead atoms. The number of nitrogens with zero attached hydrogens (tertiary/aromatic N) is 2. The molecule has 2 aliphatic carbocycles. The van der Waals surface area contributed by atoms with E-state index in [1.165, 1.54) is 37.1 Å². The second kappa shape index (κ2) is 3.51. The van der Waals surface area contributed by atoms with Gasteiger partial charge in [-0.3, -0.25) is 4.68 Å². The normalized spacial score (nSPS) is 32.3. The Morgan fingerprint density at radius 1 is 1.25 bits per heavy atom. The van der Waals surface area contributed by atoms with Gasteiger partial charge in [0.2, 0.25) is 0 Å². The van der Waals surface area contributed by atoms with E-state index < -0.39 is 0 Å². The minimum Gasteiger partial charge on any atom is -0.379 e. The van der Waals surface area contributed by atoms with E-state index >= 15 is 0 Å². The van der Waals surface area contributed by atoms with Crippen LogP contribution in [0.3, 0.4) is 0 Å². The zero-order chi connectivity index (χ0) is 11.3. The molecule has 3 unspecified atom stereocenters. The van der Waals surface area contributed by atoms with E-state index in [0.29, 0.717) is 6.04 Å². The fourth-order valence-corrected chi connectivity index (χ4v) is 3.59. The Kier molecular flexibility index (Phi) is 2.23. The number of nitrogens with one attached hydrogen (secondary N) is 1. The second-order valence-corrected chi connectivity index (χ2v) is 5.60. The van der Waals surface area contributed by atoms with Crippen LogP contribution in [0.2, 0.25) is 0 Å². The molecular weight excluding hydrogens is 198 g/mol. The number of hydrogen-bond acceptors (Lipinski definition) is 2. The van der Waals surface area contributed by atoms with Crippen LogP contribution in [0.1, 0.15) is 37.1 Å². The van der Waals surface area contributed by atoms with Crippen LogP contribution in [-0.4, -0.2) is 15.8 Å². The largest absolute Gasteiger partial charge is 0.379 e. The van der Waals surface area contributed by atoms with E-state index in [9.17, 15) is 0 Å². The average Bonchev–Trinajstić information content (AvgIpc) is 2.90. The SMILES string of the molecule is Cc1nn(C)c(C)c1NC1CC2CCC1C2. The number of hydrogen-bond donors (Lipinski definition) is 1. The molecule has 0 amide bonds. The molecule has 88 valence electrons. The predicted molar refractivity (Wildman–Crippen MR) is 65.5 cm³/mol. The molecule has 0 spiro atoms. The van der Waals surface area contributed by atoms with Crippen LogP contribution < -0.4 is 5.32 Å². The van der Waals surface area contributed by atoms with Gasteiger partial charge in [-0.1, -0.05) is 6.42 Å². The molecule has 2 fully saturated rings. The zero-order valence-electron chi connectivity index (χ0n) is 10.5. The number of aromatic nitrogens is 2. The Morgan fingerprint density at radius 2 is 2.06 bits per heavy atom. The fraction of sp³-hybridized carbons (Fsp3) is 0.769. The molecule has 3 heteroatoms.